The van der Waals surface area contributed by atoms with Crippen LogP contribution in [0.25, 0.3) is 0 Å². The van der Waals surface area contributed by atoms with Crippen LogP contribution in [0.3, 0.4) is 0 Å². The highest BCUT2D eigenvalue weighted by Gasteiger charge is 2.48. The van der Waals surface area contributed by atoms with Gasteiger partial charge in [-0.25, -0.2) is 0 Å². The number of alkyl halides is 3. The van der Waals surface area contributed by atoms with Gasteiger partial charge in [-0.2, -0.15) is 13.2 Å². The number of hydrogen-bond acceptors (Lipinski definition) is 7. The average molecular weight is 639 g/mol. The van der Waals surface area contributed by atoms with E-state index in [1.807, 2.05) is 12.1 Å². The number of piperidine rings is 2. The number of likely N-dealkylation sites (tertiary alicyclic amines) is 2. The van der Waals surface area contributed by atoms with Crippen LogP contribution in [0, 0.1) is 11.8 Å². The number of methoxy groups -OCH3 is 2. The predicted molar refractivity (Wildman–Crippen MR) is 164 cm³/mol. The van der Waals surface area contributed by atoms with Crippen molar-refractivity contribution in [3.8, 4) is 11.5 Å². The van der Waals surface area contributed by atoms with Crippen LogP contribution in [0.15, 0.2) is 66.9 Å². The van der Waals surface area contributed by atoms with Crippen molar-refractivity contribution < 1.29 is 37.0 Å². The summed E-state index contributed by atoms with van der Waals surface area (Å²) in [6, 6.07) is 15.8. The number of nitrogens with one attached hydrogen (secondary N) is 1. The monoisotopic (exact) mass is 638 g/mol. The Balaban J connectivity index is 1.14. The first kappa shape index (κ1) is 32.9. The lowest BCUT2D eigenvalue weighted by Gasteiger charge is -2.39. The standard InChI is InChI=1S/C34H37F3N4O5/c1-45-26-8-3-22(4-9-26)20-40-16-15-29(28(21-40)34(35,36)37)39-32(43)25-7-12-30(38-19-25)33(44)41-17-13-24(14-18-41)31(42)23-5-10-27(46-2)11-6-23/h3-12,19,24,28-29H,13-18,20-21H2,1-2H3,(H,39,43)/t28?,29-/m1/s1. The normalized spacial score (nSPS) is 19.4. The largest absolute Gasteiger partial charge is 0.497 e. The van der Waals surface area contributed by atoms with Gasteiger partial charge >= 0.3 is 6.18 Å². The zero-order valence-electron chi connectivity index (χ0n) is 25.8. The number of amides is 2. The van der Waals surface area contributed by atoms with E-state index in [2.05, 4.69) is 10.3 Å². The summed E-state index contributed by atoms with van der Waals surface area (Å²) in [6.07, 6.45) is -2.14. The van der Waals surface area contributed by atoms with Crippen LogP contribution in [-0.2, 0) is 6.54 Å². The van der Waals surface area contributed by atoms with Crippen molar-refractivity contribution in [2.45, 2.75) is 38.0 Å². The van der Waals surface area contributed by atoms with Gasteiger partial charge in [0.25, 0.3) is 11.8 Å². The quantitative estimate of drug-likeness (QED) is 0.329. The van der Waals surface area contributed by atoms with Crippen LogP contribution in [0.4, 0.5) is 13.2 Å². The van der Waals surface area contributed by atoms with Crippen LogP contribution in [-0.4, -0.2) is 85.0 Å². The van der Waals surface area contributed by atoms with Gasteiger partial charge in [-0.05, 0) is 73.4 Å². The fourth-order valence-electron chi connectivity index (χ4n) is 6.06. The minimum atomic E-state index is -4.50. The number of rotatable bonds is 9. The van der Waals surface area contributed by atoms with Crippen molar-refractivity contribution >= 4 is 17.6 Å². The second-order valence-electron chi connectivity index (χ2n) is 11.7. The smallest absolute Gasteiger partial charge is 0.394 e. The van der Waals surface area contributed by atoms with Gasteiger partial charge in [0.1, 0.15) is 17.2 Å². The molecule has 0 saturated carbocycles. The molecule has 244 valence electrons. The van der Waals surface area contributed by atoms with Crippen molar-refractivity contribution in [1.82, 2.24) is 20.1 Å². The minimum absolute atomic E-state index is 0.0268. The van der Waals surface area contributed by atoms with Gasteiger partial charge in [0, 0.05) is 56.4 Å². The molecule has 1 N–H and O–H groups in total. The molecule has 2 aliphatic rings. The van der Waals surface area contributed by atoms with Crippen molar-refractivity contribution in [2.24, 2.45) is 11.8 Å². The first-order chi connectivity index (χ1) is 22.0. The molecule has 0 spiro atoms. The first-order valence-electron chi connectivity index (χ1n) is 15.2. The number of pyridine rings is 1. The summed E-state index contributed by atoms with van der Waals surface area (Å²) in [6.45, 7) is 1.26. The van der Waals surface area contributed by atoms with Crippen molar-refractivity contribution in [3.05, 3.63) is 89.2 Å². The fourth-order valence-corrected chi connectivity index (χ4v) is 6.06. The van der Waals surface area contributed by atoms with E-state index in [4.69, 9.17) is 9.47 Å². The molecule has 2 fully saturated rings. The lowest BCUT2D eigenvalue weighted by Crippen LogP contribution is -2.55. The minimum Gasteiger partial charge on any atom is -0.497 e. The number of Topliss-reactive ketones (excluding diaryl/α,β-unsaturated/α-hetero) is 1. The van der Waals surface area contributed by atoms with Gasteiger partial charge in [0.05, 0.1) is 25.7 Å². The Morgan fingerprint density at radius 2 is 1.46 bits per heavy atom. The average Bonchev–Trinajstić information content (AvgIpc) is 3.08. The fraction of sp³-hybridized carbons (Fsp3) is 0.412. The summed E-state index contributed by atoms with van der Waals surface area (Å²) in [7, 11) is 3.11. The number of ether oxygens (including phenoxy) is 2. The van der Waals surface area contributed by atoms with Crippen molar-refractivity contribution in [2.75, 3.05) is 40.4 Å². The van der Waals surface area contributed by atoms with E-state index in [9.17, 15) is 27.6 Å². The van der Waals surface area contributed by atoms with Crippen molar-refractivity contribution in [3.63, 3.8) is 0 Å². The highest BCUT2D eigenvalue weighted by Crippen LogP contribution is 2.34. The van der Waals surface area contributed by atoms with Crippen LogP contribution < -0.4 is 14.8 Å². The predicted octanol–water partition coefficient (Wildman–Crippen LogP) is 5.02. The van der Waals surface area contributed by atoms with Crippen LogP contribution >= 0.6 is 0 Å². The number of nitrogens with zero attached hydrogens (tertiary/aromatic N) is 3. The number of aromatic nitrogens is 1. The number of ketones is 1. The molecule has 5 rings (SSSR count). The molecule has 2 amide bonds. The number of benzene rings is 2. The van der Waals surface area contributed by atoms with E-state index in [0.717, 1.165) is 5.56 Å². The Morgan fingerprint density at radius 1 is 0.848 bits per heavy atom. The second kappa shape index (κ2) is 14.3. The summed E-state index contributed by atoms with van der Waals surface area (Å²) in [5, 5.41) is 2.56. The lowest BCUT2D eigenvalue weighted by atomic mass is 9.88. The van der Waals surface area contributed by atoms with Crippen molar-refractivity contribution in [1.29, 1.82) is 0 Å². The summed E-state index contributed by atoms with van der Waals surface area (Å²) in [4.78, 5) is 46.5. The Morgan fingerprint density at radius 3 is 2.02 bits per heavy atom. The molecule has 0 aliphatic carbocycles. The zero-order valence-corrected chi connectivity index (χ0v) is 25.8. The van der Waals surface area contributed by atoms with Gasteiger partial charge in [-0.15, -0.1) is 0 Å². The molecule has 0 radical (unpaired) electrons. The molecule has 2 aromatic carbocycles. The van der Waals surface area contributed by atoms with Gasteiger partial charge < -0.3 is 19.7 Å². The third kappa shape index (κ3) is 7.85. The van der Waals surface area contributed by atoms with Crippen LogP contribution in [0.5, 0.6) is 11.5 Å². The maximum Gasteiger partial charge on any atom is 0.394 e. The van der Waals surface area contributed by atoms with Gasteiger partial charge in [0.2, 0.25) is 0 Å². The molecular formula is C34H37F3N4O5. The molecule has 12 heteroatoms. The molecule has 1 unspecified atom stereocenters. The molecule has 2 aliphatic heterocycles. The summed E-state index contributed by atoms with van der Waals surface area (Å²) in [5.41, 5.74) is 1.66. The highest BCUT2D eigenvalue weighted by molar-refractivity contribution is 5.99. The molecule has 3 aromatic rings. The van der Waals surface area contributed by atoms with Crippen LogP contribution in [0.2, 0.25) is 0 Å². The Labute approximate surface area is 265 Å². The number of carbonyl (C=O) groups excluding carboxylic acids is 3. The third-order valence-corrected chi connectivity index (χ3v) is 8.77. The van der Waals surface area contributed by atoms with E-state index in [1.54, 1.807) is 60.4 Å². The van der Waals surface area contributed by atoms with E-state index >= 15 is 0 Å². The molecule has 2 atom stereocenters. The topological polar surface area (TPSA) is 101 Å². The number of carbonyl (C=O) groups is 3. The lowest BCUT2D eigenvalue weighted by molar-refractivity contribution is -0.193. The van der Waals surface area contributed by atoms with E-state index < -0.39 is 24.0 Å². The van der Waals surface area contributed by atoms with E-state index in [1.165, 1.54) is 18.3 Å². The van der Waals surface area contributed by atoms with Gasteiger partial charge in [0.15, 0.2) is 5.78 Å². The maximum atomic E-state index is 14.1. The van der Waals surface area contributed by atoms with E-state index in [0.29, 0.717) is 56.1 Å². The Hall–Kier alpha value is -4.45. The molecular weight excluding hydrogens is 601 g/mol. The van der Waals surface area contributed by atoms with Crippen LogP contribution in [0.1, 0.15) is 56.0 Å². The highest BCUT2D eigenvalue weighted by atomic mass is 19.4. The summed E-state index contributed by atoms with van der Waals surface area (Å²) in [5.74, 6) is -1.58. The first-order valence-corrected chi connectivity index (χ1v) is 15.2. The maximum absolute atomic E-state index is 14.1. The third-order valence-electron chi connectivity index (χ3n) is 8.77. The molecule has 2 saturated heterocycles. The molecule has 46 heavy (non-hydrogen) atoms. The number of halogens is 3. The summed E-state index contributed by atoms with van der Waals surface area (Å²) < 4.78 is 52.5. The molecule has 9 nitrogen and oxygen atoms in total. The zero-order chi connectivity index (χ0) is 32.8. The van der Waals surface area contributed by atoms with E-state index in [-0.39, 0.29) is 41.8 Å². The molecule has 0 bridgehead atoms. The van der Waals surface area contributed by atoms with Gasteiger partial charge in [-0.3, -0.25) is 24.3 Å². The molecule has 3 heterocycles. The Kier molecular flexibility index (Phi) is 10.3. The van der Waals surface area contributed by atoms with Gasteiger partial charge in [-0.1, -0.05) is 12.1 Å². The summed E-state index contributed by atoms with van der Waals surface area (Å²) >= 11 is 0. The second-order valence-corrected chi connectivity index (χ2v) is 11.7. The number of hydrogen-bond donors (Lipinski definition) is 1. The Bertz CT molecular complexity index is 1510. The SMILES string of the molecule is COc1ccc(CN2CC[C@@H](NC(=O)c3ccc(C(=O)N4CCC(C(=O)c5ccc(OC)cc5)CC4)nc3)C(C(F)(F)F)C2)cc1. The molecule has 1 aromatic heterocycles.